The van der Waals surface area contributed by atoms with E-state index in [4.69, 9.17) is 10.2 Å². The van der Waals surface area contributed by atoms with Gasteiger partial charge in [0.2, 0.25) is 10.0 Å². The summed E-state index contributed by atoms with van der Waals surface area (Å²) in [5, 5.41) is 17.4. The zero-order valence-corrected chi connectivity index (χ0v) is 11.7. The summed E-state index contributed by atoms with van der Waals surface area (Å²) in [6.07, 6.45) is 4.71. The molecule has 0 atom stereocenters. The molecule has 1 aromatic heterocycles. The van der Waals surface area contributed by atoms with Crippen molar-refractivity contribution in [3.05, 3.63) is 30.1 Å². The second-order valence-corrected chi connectivity index (χ2v) is 5.78. The highest BCUT2D eigenvalue weighted by Crippen LogP contribution is 2.16. The van der Waals surface area contributed by atoms with Gasteiger partial charge >= 0.3 is 5.97 Å². The SMILES string of the molecule is CCN(CCO)S(=O)(=O)c1cncc(C=CC(=O)O)c1. The van der Waals surface area contributed by atoms with Crippen molar-refractivity contribution in [1.82, 2.24) is 9.29 Å². The highest BCUT2D eigenvalue weighted by molar-refractivity contribution is 7.89. The lowest BCUT2D eigenvalue weighted by Crippen LogP contribution is -2.33. The number of aliphatic carboxylic acids is 1. The molecule has 0 fully saturated rings. The smallest absolute Gasteiger partial charge is 0.328 e. The van der Waals surface area contributed by atoms with Crippen LogP contribution in [0.15, 0.2) is 29.4 Å². The Bertz CT molecular complexity index is 598. The molecular weight excluding hydrogens is 284 g/mol. The minimum Gasteiger partial charge on any atom is -0.478 e. The Balaban J connectivity index is 3.13. The van der Waals surface area contributed by atoms with E-state index in [1.807, 2.05) is 0 Å². The average Bonchev–Trinajstić information content (AvgIpc) is 2.42. The standard InChI is InChI=1S/C12H16N2O5S/c1-2-14(5-6-15)20(18,19)11-7-10(8-13-9-11)3-4-12(16)17/h3-4,7-9,15H,2,5-6H2,1H3,(H,16,17). The molecule has 110 valence electrons. The first-order valence-electron chi connectivity index (χ1n) is 5.89. The number of sulfonamides is 1. The number of hydrogen-bond acceptors (Lipinski definition) is 5. The second-order valence-electron chi connectivity index (χ2n) is 3.85. The maximum atomic E-state index is 12.3. The lowest BCUT2D eigenvalue weighted by atomic mass is 10.2. The Kier molecular flexibility index (Phi) is 5.81. The Morgan fingerprint density at radius 1 is 1.45 bits per heavy atom. The third-order valence-electron chi connectivity index (χ3n) is 2.49. The van der Waals surface area contributed by atoms with Crippen LogP contribution in [0.3, 0.4) is 0 Å². The van der Waals surface area contributed by atoms with Crippen molar-refractivity contribution in [2.24, 2.45) is 0 Å². The Morgan fingerprint density at radius 3 is 2.70 bits per heavy atom. The molecule has 0 spiro atoms. The van der Waals surface area contributed by atoms with E-state index >= 15 is 0 Å². The van der Waals surface area contributed by atoms with Gasteiger partial charge in [0.15, 0.2) is 0 Å². The molecule has 0 radical (unpaired) electrons. The highest BCUT2D eigenvalue weighted by atomic mass is 32.2. The Labute approximate surface area is 117 Å². The number of carboxylic acids is 1. The number of aliphatic hydroxyl groups is 1. The molecule has 1 rings (SSSR count). The normalized spacial score (nSPS) is 12.2. The summed E-state index contributed by atoms with van der Waals surface area (Å²) in [5.74, 6) is -1.13. The minimum absolute atomic E-state index is 0.00593. The summed E-state index contributed by atoms with van der Waals surface area (Å²) in [5.41, 5.74) is 0.369. The van der Waals surface area contributed by atoms with Crippen LogP contribution in [0.4, 0.5) is 0 Å². The molecule has 0 unspecified atom stereocenters. The number of carbonyl (C=O) groups is 1. The van der Waals surface area contributed by atoms with E-state index in [9.17, 15) is 13.2 Å². The number of likely N-dealkylation sites (N-methyl/N-ethyl adjacent to an activating group) is 1. The van der Waals surface area contributed by atoms with Crippen LogP contribution in [0.1, 0.15) is 12.5 Å². The van der Waals surface area contributed by atoms with E-state index in [1.165, 1.54) is 24.5 Å². The van der Waals surface area contributed by atoms with Gasteiger partial charge in [0.25, 0.3) is 0 Å². The Hall–Kier alpha value is -1.77. The van der Waals surface area contributed by atoms with E-state index in [1.54, 1.807) is 6.92 Å². The monoisotopic (exact) mass is 300 g/mol. The fourth-order valence-corrected chi connectivity index (χ4v) is 2.98. The molecule has 7 nitrogen and oxygen atoms in total. The van der Waals surface area contributed by atoms with Crippen molar-refractivity contribution in [2.45, 2.75) is 11.8 Å². The number of rotatable bonds is 7. The molecule has 0 aromatic carbocycles. The Morgan fingerprint density at radius 2 is 2.15 bits per heavy atom. The van der Waals surface area contributed by atoms with Crippen LogP contribution >= 0.6 is 0 Å². The van der Waals surface area contributed by atoms with Gasteiger partial charge in [-0.05, 0) is 17.7 Å². The van der Waals surface area contributed by atoms with Gasteiger partial charge in [-0.2, -0.15) is 4.31 Å². The van der Waals surface area contributed by atoms with Crippen molar-refractivity contribution in [3.8, 4) is 0 Å². The van der Waals surface area contributed by atoms with Gasteiger partial charge in [-0.25, -0.2) is 13.2 Å². The number of pyridine rings is 1. The predicted molar refractivity (Wildman–Crippen MR) is 72.4 cm³/mol. The lowest BCUT2D eigenvalue weighted by Gasteiger charge is -2.19. The van der Waals surface area contributed by atoms with E-state index in [0.717, 1.165) is 10.4 Å². The number of hydrogen-bond donors (Lipinski definition) is 2. The van der Waals surface area contributed by atoms with Gasteiger partial charge in [0, 0.05) is 31.6 Å². The summed E-state index contributed by atoms with van der Waals surface area (Å²) < 4.78 is 25.7. The molecule has 0 aliphatic rings. The van der Waals surface area contributed by atoms with Crippen LogP contribution < -0.4 is 0 Å². The third-order valence-corrected chi connectivity index (χ3v) is 4.43. The molecule has 0 bridgehead atoms. The fourth-order valence-electron chi connectivity index (χ4n) is 1.54. The van der Waals surface area contributed by atoms with E-state index < -0.39 is 16.0 Å². The molecule has 0 amide bonds. The number of nitrogens with zero attached hydrogens (tertiary/aromatic N) is 2. The summed E-state index contributed by atoms with van der Waals surface area (Å²) in [7, 11) is -3.74. The zero-order valence-electron chi connectivity index (χ0n) is 10.9. The van der Waals surface area contributed by atoms with Crippen LogP contribution in [-0.2, 0) is 14.8 Å². The van der Waals surface area contributed by atoms with Crippen LogP contribution in [0, 0.1) is 0 Å². The van der Waals surface area contributed by atoms with Crippen LogP contribution in [0.2, 0.25) is 0 Å². The molecule has 8 heteroatoms. The number of aliphatic hydroxyl groups excluding tert-OH is 1. The van der Waals surface area contributed by atoms with Crippen LogP contribution in [0.5, 0.6) is 0 Å². The van der Waals surface area contributed by atoms with Crippen molar-refractivity contribution in [1.29, 1.82) is 0 Å². The maximum absolute atomic E-state index is 12.3. The van der Waals surface area contributed by atoms with Crippen LogP contribution in [-0.4, -0.2) is 53.6 Å². The molecule has 0 saturated heterocycles. The largest absolute Gasteiger partial charge is 0.478 e. The van der Waals surface area contributed by atoms with E-state index in [-0.39, 0.29) is 24.6 Å². The maximum Gasteiger partial charge on any atom is 0.328 e. The van der Waals surface area contributed by atoms with Crippen LogP contribution in [0.25, 0.3) is 6.08 Å². The van der Waals surface area contributed by atoms with E-state index in [0.29, 0.717) is 5.56 Å². The van der Waals surface area contributed by atoms with Gasteiger partial charge in [-0.15, -0.1) is 0 Å². The first-order chi connectivity index (χ1) is 9.41. The van der Waals surface area contributed by atoms with E-state index in [2.05, 4.69) is 4.98 Å². The third kappa shape index (κ3) is 4.12. The van der Waals surface area contributed by atoms with Crippen molar-refractivity contribution in [3.63, 3.8) is 0 Å². The first kappa shape index (κ1) is 16.3. The van der Waals surface area contributed by atoms with Crippen molar-refractivity contribution in [2.75, 3.05) is 19.7 Å². The van der Waals surface area contributed by atoms with Gasteiger partial charge in [0.1, 0.15) is 4.90 Å². The molecule has 0 aliphatic carbocycles. The molecule has 0 aliphatic heterocycles. The first-order valence-corrected chi connectivity index (χ1v) is 7.33. The van der Waals surface area contributed by atoms with Gasteiger partial charge in [-0.3, -0.25) is 4.98 Å². The zero-order chi connectivity index (χ0) is 15.2. The number of aromatic nitrogens is 1. The lowest BCUT2D eigenvalue weighted by molar-refractivity contribution is -0.131. The topological polar surface area (TPSA) is 108 Å². The average molecular weight is 300 g/mol. The van der Waals surface area contributed by atoms with Gasteiger partial charge in [-0.1, -0.05) is 6.92 Å². The summed E-state index contributed by atoms with van der Waals surface area (Å²) in [4.78, 5) is 14.2. The van der Waals surface area contributed by atoms with Gasteiger partial charge < -0.3 is 10.2 Å². The van der Waals surface area contributed by atoms with Crippen molar-refractivity contribution >= 4 is 22.1 Å². The molecule has 20 heavy (non-hydrogen) atoms. The molecule has 1 aromatic rings. The summed E-state index contributed by atoms with van der Waals surface area (Å²) >= 11 is 0. The molecule has 0 saturated carbocycles. The quantitative estimate of drug-likeness (QED) is 0.696. The van der Waals surface area contributed by atoms with Gasteiger partial charge in [0.05, 0.1) is 6.61 Å². The van der Waals surface area contributed by atoms with Crippen molar-refractivity contribution < 1.29 is 23.4 Å². The summed E-state index contributed by atoms with van der Waals surface area (Å²) in [6, 6.07) is 1.34. The summed E-state index contributed by atoms with van der Waals surface area (Å²) in [6.45, 7) is 1.60. The highest BCUT2D eigenvalue weighted by Gasteiger charge is 2.22. The number of carboxylic acid groups (broad SMARTS) is 1. The predicted octanol–water partition coefficient (Wildman–Crippen LogP) is 0.182. The fraction of sp³-hybridized carbons (Fsp3) is 0.333. The molecular formula is C12H16N2O5S. The molecule has 2 N–H and O–H groups in total. The molecule has 1 heterocycles. The minimum atomic E-state index is -3.74. The second kappa shape index (κ2) is 7.13.